The van der Waals surface area contributed by atoms with E-state index in [1.807, 2.05) is 73.3 Å². The number of hydrogen-bond acceptors (Lipinski definition) is 10. The molecule has 0 spiro atoms. The SMILES string of the molecule is C=C(NOc1ncnc(N2CCC(c3nc(C(C)C)no3)CC2)c1[N+](=O)[O-])c1ccc(-c2ccccc2)cc1. The van der Waals surface area contributed by atoms with Crippen LogP contribution < -0.4 is 15.2 Å². The minimum absolute atomic E-state index is 0.0936. The van der Waals surface area contributed by atoms with Gasteiger partial charge in [-0.25, -0.2) is 10.5 Å². The highest BCUT2D eigenvalue weighted by molar-refractivity contribution is 5.69. The van der Waals surface area contributed by atoms with Crippen LogP contribution in [0.4, 0.5) is 11.5 Å². The van der Waals surface area contributed by atoms with Crippen LogP contribution >= 0.6 is 0 Å². The van der Waals surface area contributed by atoms with Crippen molar-refractivity contribution in [2.24, 2.45) is 0 Å². The van der Waals surface area contributed by atoms with Gasteiger partial charge in [0.2, 0.25) is 11.7 Å². The van der Waals surface area contributed by atoms with E-state index in [9.17, 15) is 10.1 Å². The molecule has 200 valence electrons. The number of hydroxylamine groups is 1. The summed E-state index contributed by atoms with van der Waals surface area (Å²) in [7, 11) is 0. The first-order chi connectivity index (χ1) is 18.9. The number of piperidine rings is 1. The third-order valence-electron chi connectivity index (χ3n) is 6.68. The van der Waals surface area contributed by atoms with Gasteiger partial charge in [-0.05, 0) is 24.0 Å². The zero-order chi connectivity index (χ0) is 27.4. The summed E-state index contributed by atoms with van der Waals surface area (Å²) in [5, 5.41) is 16.1. The first kappa shape index (κ1) is 25.8. The van der Waals surface area contributed by atoms with Crippen LogP contribution in [0, 0.1) is 10.1 Å². The number of benzene rings is 2. The molecule has 0 saturated carbocycles. The molecule has 2 aromatic heterocycles. The molecular formula is C28H29N7O4. The van der Waals surface area contributed by atoms with Gasteiger partial charge in [-0.1, -0.05) is 80.2 Å². The molecule has 0 amide bonds. The summed E-state index contributed by atoms with van der Waals surface area (Å²) in [5.41, 5.74) is 5.77. The molecule has 1 aliphatic rings. The molecule has 0 unspecified atom stereocenters. The van der Waals surface area contributed by atoms with E-state index < -0.39 is 4.92 Å². The fourth-order valence-corrected chi connectivity index (χ4v) is 4.47. The molecule has 4 aromatic rings. The maximum atomic E-state index is 12.1. The summed E-state index contributed by atoms with van der Waals surface area (Å²) < 4.78 is 5.46. The Labute approximate surface area is 225 Å². The molecule has 0 aliphatic carbocycles. The van der Waals surface area contributed by atoms with Gasteiger partial charge in [-0.3, -0.25) is 10.1 Å². The summed E-state index contributed by atoms with van der Waals surface area (Å²) in [4.78, 5) is 31.7. The van der Waals surface area contributed by atoms with Crippen molar-refractivity contribution >= 4 is 17.2 Å². The summed E-state index contributed by atoms with van der Waals surface area (Å²) in [6.07, 6.45) is 2.66. The number of nitro groups is 1. The predicted octanol–water partition coefficient (Wildman–Crippen LogP) is 5.50. The van der Waals surface area contributed by atoms with Crippen molar-refractivity contribution in [1.82, 2.24) is 25.6 Å². The lowest BCUT2D eigenvalue weighted by molar-refractivity contribution is -0.385. The minimum Gasteiger partial charge on any atom is -0.354 e. The van der Waals surface area contributed by atoms with Crippen molar-refractivity contribution in [1.29, 1.82) is 0 Å². The molecule has 1 saturated heterocycles. The quantitative estimate of drug-likeness (QED) is 0.220. The number of nitrogens with one attached hydrogen (secondary N) is 1. The van der Waals surface area contributed by atoms with E-state index >= 15 is 0 Å². The summed E-state index contributed by atoms with van der Waals surface area (Å²) in [6, 6.07) is 17.8. The van der Waals surface area contributed by atoms with Gasteiger partial charge >= 0.3 is 11.6 Å². The molecule has 1 N–H and O–H groups in total. The Morgan fingerprint density at radius 1 is 1.10 bits per heavy atom. The van der Waals surface area contributed by atoms with Gasteiger partial charge in [0.05, 0.1) is 10.6 Å². The van der Waals surface area contributed by atoms with Crippen molar-refractivity contribution in [2.45, 2.75) is 38.5 Å². The smallest absolute Gasteiger partial charge is 0.354 e. The second kappa shape index (κ2) is 11.3. The van der Waals surface area contributed by atoms with Crippen molar-refractivity contribution < 1.29 is 14.3 Å². The van der Waals surface area contributed by atoms with Crippen LogP contribution in [0.15, 0.2) is 72.0 Å². The average Bonchev–Trinajstić information content (AvgIpc) is 3.47. The predicted molar refractivity (Wildman–Crippen MR) is 146 cm³/mol. The Morgan fingerprint density at radius 2 is 1.79 bits per heavy atom. The van der Waals surface area contributed by atoms with E-state index in [1.54, 1.807) is 0 Å². The Morgan fingerprint density at radius 3 is 2.44 bits per heavy atom. The van der Waals surface area contributed by atoms with Gasteiger partial charge < -0.3 is 14.3 Å². The van der Waals surface area contributed by atoms with Crippen LogP contribution in [0.5, 0.6) is 5.88 Å². The van der Waals surface area contributed by atoms with Crippen LogP contribution in [-0.2, 0) is 0 Å². The molecule has 39 heavy (non-hydrogen) atoms. The third kappa shape index (κ3) is 5.71. The lowest BCUT2D eigenvalue weighted by Crippen LogP contribution is -2.34. The summed E-state index contributed by atoms with van der Waals surface area (Å²) in [6.45, 7) is 9.09. The zero-order valence-electron chi connectivity index (χ0n) is 21.8. The van der Waals surface area contributed by atoms with Crippen LogP contribution in [-0.4, -0.2) is 38.1 Å². The summed E-state index contributed by atoms with van der Waals surface area (Å²) in [5.74, 6) is 1.59. The number of rotatable bonds is 9. The molecule has 0 atom stereocenters. The monoisotopic (exact) mass is 527 g/mol. The maximum Gasteiger partial charge on any atom is 0.375 e. The molecule has 1 aliphatic heterocycles. The second-order valence-electron chi connectivity index (χ2n) is 9.64. The molecule has 11 nitrogen and oxygen atoms in total. The normalized spacial score (nSPS) is 13.9. The number of aromatic nitrogens is 4. The standard InChI is InChI=1S/C28H29N7O4/c1-18(2)25-31-27(38-33-25)23-13-15-34(16-14-23)26-24(35(36)37)28(30-17-29-26)39-32-19(3)20-9-11-22(12-10-20)21-7-5-4-6-8-21/h4-12,17-18,23,32H,3,13-16H2,1-2H3. The number of nitrogens with zero attached hydrogens (tertiary/aromatic N) is 6. The molecule has 0 bridgehead atoms. The van der Waals surface area contributed by atoms with Crippen LogP contribution in [0.1, 0.15) is 55.8 Å². The summed E-state index contributed by atoms with van der Waals surface area (Å²) >= 11 is 0. The molecule has 5 rings (SSSR count). The largest absolute Gasteiger partial charge is 0.375 e. The molecule has 1 fully saturated rings. The fraction of sp³-hybridized carbons (Fsp3) is 0.286. The highest BCUT2D eigenvalue weighted by Crippen LogP contribution is 2.37. The van der Waals surface area contributed by atoms with Gasteiger partial charge in [0, 0.05) is 30.5 Å². The van der Waals surface area contributed by atoms with Crippen LogP contribution in [0.3, 0.4) is 0 Å². The van der Waals surface area contributed by atoms with Gasteiger partial charge in [-0.15, -0.1) is 0 Å². The Balaban J connectivity index is 1.25. The lowest BCUT2D eigenvalue weighted by Gasteiger charge is -2.30. The van der Waals surface area contributed by atoms with Crippen molar-refractivity contribution in [2.75, 3.05) is 18.0 Å². The first-order valence-electron chi connectivity index (χ1n) is 12.8. The van der Waals surface area contributed by atoms with Crippen LogP contribution in [0.25, 0.3) is 16.8 Å². The zero-order valence-corrected chi connectivity index (χ0v) is 21.8. The highest BCUT2D eigenvalue weighted by atomic mass is 16.7. The fourth-order valence-electron chi connectivity index (χ4n) is 4.47. The maximum absolute atomic E-state index is 12.1. The minimum atomic E-state index is -0.525. The average molecular weight is 528 g/mol. The van der Waals surface area contributed by atoms with Gasteiger partial charge in [-0.2, -0.15) is 9.97 Å². The molecule has 11 heteroatoms. The first-order valence-corrected chi connectivity index (χ1v) is 12.8. The molecule has 0 radical (unpaired) electrons. The molecular weight excluding hydrogens is 498 g/mol. The van der Waals surface area contributed by atoms with Gasteiger partial charge in [0.1, 0.15) is 6.33 Å². The molecule has 2 aromatic carbocycles. The third-order valence-corrected chi connectivity index (χ3v) is 6.68. The highest BCUT2D eigenvalue weighted by Gasteiger charge is 2.33. The van der Waals surface area contributed by atoms with Crippen molar-refractivity contribution in [3.8, 4) is 17.0 Å². The van der Waals surface area contributed by atoms with E-state index in [0.29, 0.717) is 43.3 Å². The topological polar surface area (TPSA) is 132 Å². The number of anilines is 1. The van der Waals surface area contributed by atoms with Gasteiger partial charge in [0.25, 0.3) is 0 Å². The van der Waals surface area contributed by atoms with Gasteiger partial charge in [0.15, 0.2) is 5.82 Å². The Hall–Kier alpha value is -4.80. The Kier molecular flexibility index (Phi) is 7.48. The molecule has 3 heterocycles. The Bertz CT molecular complexity index is 1450. The number of hydrogen-bond donors (Lipinski definition) is 1. The van der Waals surface area contributed by atoms with E-state index in [1.165, 1.54) is 6.33 Å². The van der Waals surface area contributed by atoms with E-state index in [2.05, 4.69) is 32.2 Å². The van der Waals surface area contributed by atoms with E-state index in [4.69, 9.17) is 9.36 Å². The van der Waals surface area contributed by atoms with Crippen molar-refractivity contribution in [3.05, 3.63) is 94.9 Å². The lowest BCUT2D eigenvalue weighted by atomic mass is 9.96. The van der Waals surface area contributed by atoms with Crippen LogP contribution in [0.2, 0.25) is 0 Å². The van der Waals surface area contributed by atoms with E-state index in [-0.39, 0.29) is 29.2 Å². The van der Waals surface area contributed by atoms with E-state index in [0.717, 1.165) is 16.7 Å². The van der Waals surface area contributed by atoms with Crippen molar-refractivity contribution in [3.63, 3.8) is 0 Å². The second-order valence-corrected chi connectivity index (χ2v) is 9.64.